The molecule has 0 heterocycles. The first-order valence-corrected chi connectivity index (χ1v) is 16.0. The zero-order valence-corrected chi connectivity index (χ0v) is 10.0. The van der Waals surface area contributed by atoms with Crippen LogP contribution in [-0.4, -0.2) is 0 Å². The van der Waals surface area contributed by atoms with Gasteiger partial charge in [-0.1, -0.05) is 0 Å². The maximum absolute atomic E-state index is 2.48. The van der Waals surface area contributed by atoms with Crippen LogP contribution in [0.15, 0.2) is 21.6 Å². The summed E-state index contributed by atoms with van der Waals surface area (Å²) in [5.41, 5.74) is 0. The normalized spacial score (nSPS) is 18.3. The van der Waals surface area contributed by atoms with Crippen molar-refractivity contribution in [2.75, 3.05) is 0 Å². The molecule has 0 bridgehead atoms. The molecule has 1 rings (SSSR count). The van der Waals surface area contributed by atoms with Gasteiger partial charge in [0.2, 0.25) is 0 Å². The minimum atomic E-state index is -1.71. The predicted molar refractivity (Wildman–Crippen MR) is 39.4 cm³/mol. The molecule has 1 aliphatic carbocycles. The Morgan fingerprint density at radius 3 is 2.22 bits per heavy atom. The van der Waals surface area contributed by atoms with Gasteiger partial charge in [-0.3, -0.25) is 0 Å². The maximum atomic E-state index is 2.48. The van der Waals surface area contributed by atoms with Crippen LogP contribution in [0, 0.1) is 0 Å². The standard InChI is InChI=1S/C5H5.3CH3.Hf/c1-2-4-5-3-1;;;;/h1-3H,4H2;3*1H3;. The van der Waals surface area contributed by atoms with E-state index in [0.717, 1.165) is 0 Å². The Kier molecular flexibility index (Phi) is 2.10. The Morgan fingerprint density at radius 2 is 2.00 bits per heavy atom. The molecule has 0 aliphatic heterocycles. The summed E-state index contributed by atoms with van der Waals surface area (Å²) in [5, 5.41) is 0. The molecule has 0 aromatic rings. The molecule has 0 nitrogen and oxygen atoms in total. The van der Waals surface area contributed by atoms with Crippen LogP contribution in [0.3, 0.4) is 0 Å². The second-order valence-corrected chi connectivity index (χ2v) is 22.0. The van der Waals surface area contributed by atoms with Gasteiger partial charge in [0.05, 0.1) is 0 Å². The van der Waals surface area contributed by atoms with Crippen LogP contribution in [0.1, 0.15) is 6.42 Å². The fourth-order valence-corrected chi connectivity index (χ4v) is 5.77. The van der Waals surface area contributed by atoms with E-state index in [4.69, 9.17) is 0 Å². The molecule has 0 aromatic carbocycles. The monoisotopic (exact) mass is 290 g/mol. The Labute approximate surface area is 62.0 Å². The fraction of sp³-hybridized carbons (Fsp3) is 0.500. The van der Waals surface area contributed by atoms with E-state index in [-0.39, 0.29) is 0 Å². The summed E-state index contributed by atoms with van der Waals surface area (Å²) in [7, 11) is 0. The van der Waals surface area contributed by atoms with Gasteiger partial charge in [0, 0.05) is 0 Å². The van der Waals surface area contributed by atoms with Crippen molar-refractivity contribution in [3.05, 3.63) is 21.6 Å². The molecule has 0 atom stereocenters. The van der Waals surface area contributed by atoms with E-state index in [1.807, 2.05) is 0 Å². The fourth-order valence-electron chi connectivity index (χ4n) is 1.00. The topological polar surface area (TPSA) is 0 Å². The second-order valence-electron chi connectivity index (χ2n) is 3.57. The SMILES string of the molecule is [CH3][Hf]([CH3])([CH3])[C]1=CC=CC1. The van der Waals surface area contributed by atoms with Gasteiger partial charge in [-0.15, -0.1) is 0 Å². The first-order valence-electron chi connectivity index (χ1n) is 3.47. The quantitative estimate of drug-likeness (QED) is 0.650. The van der Waals surface area contributed by atoms with Crippen LogP contribution < -0.4 is 0 Å². The van der Waals surface area contributed by atoms with Gasteiger partial charge in [-0.2, -0.15) is 0 Å². The first kappa shape index (κ1) is 7.46. The van der Waals surface area contributed by atoms with E-state index in [1.165, 1.54) is 6.42 Å². The molecule has 0 N–H and O–H groups in total. The number of allylic oxidation sites excluding steroid dienone is 4. The first-order chi connectivity index (χ1) is 4.11. The van der Waals surface area contributed by atoms with Crippen LogP contribution in [0.5, 0.6) is 0 Å². The molecular formula is C8H14Hf. The van der Waals surface area contributed by atoms with Crippen molar-refractivity contribution in [1.29, 1.82) is 0 Å². The molecule has 0 fully saturated rings. The van der Waals surface area contributed by atoms with Crippen LogP contribution in [0.2, 0.25) is 14.0 Å². The summed E-state index contributed by atoms with van der Waals surface area (Å²) in [5.74, 6) is 0. The number of hydrogen-bond acceptors (Lipinski definition) is 0. The zero-order chi connectivity index (χ0) is 6.91. The summed E-state index contributed by atoms with van der Waals surface area (Å²) < 4.78 is 9.20. The Morgan fingerprint density at radius 1 is 1.33 bits per heavy atom. The number of rotatable bonds is 1. The van der Waals surface area contributed by atoms with Gasteiger partial charge in [-0.05, 0) is 0 Å². The molecule has 1 heteroatoms. The van der Waals surface area contributed by atoms with Crippen molar-refractivity contribution in [3.63, 3.8) is 0 Å². The molecule has 50 valence electrons. The van der Waals surface area contributed by atoms with Gasteiger partial charge in [-0.25, -0.2) is 0 Å². The van der Waals surface area contributed by atoms with Gasteiger partial charge < -0.3 is 0 Å². The van der Waals surface area contributed by atoms with E-state index in [9.17, 15) is 0 Å². The summed E-state index contributed by atoms with van der Waals surface area (Å²) in [6, 6.07) is 0. The van der Waals surface area contributed by atoms with Crippen LogP contribution in [-0.2, 0) is 20.0 Å². The molecule has 0 spiro atoms. The third kappa shape index (κ3) is 1.89. The van der Waals surface area contributed by atoms with E-state index in [2.05, 4.69) is 32.3 Å². The minimum absolute atomic E-state index is 1.26. The Hall–Kier alpha value is 0.350. The molecule has 0 unspecified atom stereocenters. The van der Waals surface area contributed by atoms with E-state index < -0.39 is 20.0 Å². The van der Waals surface area contributed by atoms with Gasteiger partial charge in [0.15, 0.2) is 0 Å². The molecule has 0 aromatic heterocycles. The van der Waals surface area contributed by atoms with Gasteiger partial charge >= 0.3 is 62.0 Å². The summed E-state index contributed by atoms with van der Waals surface area (Å²) in [6.07, 6.45) is 8.04. The van der Waals surface area contributed by atoms with E-state index in [0.29, 0.717) is 0 Å². The average molecular weight is 289 g/mol. The molecular weight excluding hydrogens is 275 g/mol. The number of hydrogen-bond donors (Lipinski definition) is 0. The van der Waals surface area contributed by atoms with Crippen molar-refractivity contribution in [2.24, 2.45) is 0 Å². The third-order valence-electron chi connectivity index (χ3n) is 1.73. The Balaban J connectivity index is 2.66. The van der Waals surface area contributed by atoms with Crippen molar-refractivity contribution >= 4 is 0 Å². The summed E-state index contributed by atoms with van der Waals surface area (Å²) >= 11 is -1.71. The van der Waals surface area contributed by atoms with Crippen LogP contribution in [0.25, 0.3) is 0 Å². The van der Waals surface area contributed by atoms with E-state index in [1.54, 1.807) is 3.33 Å². The van der Waals surface area contributed by atoms with Gasteiger partial charge in [0.1, 0.15) is 0 Å². The van der Waals surface area contributed by atoms with Crippen molar-refractivity contribution in [2.45, 2.75) is 20.5 Å². The van der Waals surface area contributed by atoms with Gasteiger partial charge in [0.25, 0.3) is 0 Å². The van der Waals surface area contributed by atoms with Crippen LogP contribution >= 0.6 is 0 Å². The molecule has 0 saturated carbocycles. The third-order valence-corrected chi connectivity index (χ3v) is 9.99. The van der Waals surface area contributed by atoms with Crippen molar-refractivity contribution in [3.8, 4) is 0 Å². The zero-order valence-electron chi connectivity index (χ0n) is 6.44. The van der Waals surface area contributed by atoms with Crippen LogP contribution in [0.4, 0.5) is 0 Å². The predicted octanol–water partition coefficient (Wildman–Crippen LogP) is 3.13. The average Bonchev–Trinajstić information content (AvgIpc) is 2.08. The second kappa shape index (κ2) is 2.53. The molecule has 0 amide bonds. The van der Waals surface area contributed by atoms with Crippen molar-refractivity contribution < 1.29 is 20.0 Å². The summed E-state index contributed by atoms with van der Waals surface area (Å²) in [6.45, 7) is 0. The molecule has 1 aliphatic rings. The molecule has 9 heavy (non-hydrogen) atoms. The van der Waals surface area contributed by atoms with Crippen molar-refractivity contribution in [1.82, 2.24) is 0 Å². The molecule has 0 saturated heterocycles. The summed E-state index contributed by atoms with van der Waals surface area (Å²) in [4.78, 5) is 0. The Bertz CT molecular complexity index is 158. The van der Waals surface area contributed by atoms with E-state index >= 15 is 0 Å². The molecule has 0 radical (unpaired) electrons.